The molecule has 1 saturated carbocycles. The number of piperidine rings is 1. The first-order valence-corrected chi connectivity index (χ1v) is 7.26. The van der Waals surface area contributed by atoms with Crippen LogP contribution in [0.3, 0.4) is 0 Å². The quantitative estimate of drug-likeness (QED) is 0.678. The van der Waals surface area contributed by atoms with Gasteiger partial charge < -0.3 is 9.64 Å². The van der Waals surface area contributed by atoms with Crippen LogP contribution in [0.15, 0.2) is 0 Å². The van der Waals surface area contributed by atoms with Crippen molar-refractivity contribution < 1.29 is 14.3 Å². The summed E-state index contributed by atoms with van der Waals surface area (Å²) in [6, 6.07) is 0. The number of carbonyl (C=O) groups is 2. The van der Waals surface area contributed by atoms with Crippen LogP contribution in [0.2, 0.25) is 0 Å². The molecule has 1 aliphatic heterocycles. The summed E-state index contributed by atoms with van der Waals surface area (Å²) < 4.78 is 5.43. The van der Waals surface area contributed by atoms with Crippen molar-refractivity contribution in [2.75, 3.05) is 13.1 Å². The van der Waals surface area contributed by atoms with Gasteiger partial charge in [0.25, 0.3) is 0 Å². The molecule has 1 amide bonds. The van der Waals surface area contributed by atoms with E-state index in [9.17, 15) is 9.59 Å². The van der Waals surface area contributed by atoms with Gasteiger partial charge in [0.1, 0.15) is 11.4 Å². The number of likely N-dealkylation sites (tertiary alicyclic amines) is 1. The third kappa shape index (κ3) is 3.48. The first-order chi connectivity index (χ1) is 8.76. The molecule has 2 aliphatic rings. The zero-order chi connectivity index (χ0) is 14.2. The predicted molar refractivity (Wildman–Crippen MR) is 72.8 cm³/mol. The number of carbonyl (C=O) groups excluding carboxylic acids is 2. The van der Waals surface area contributed by atoms with E-state index in [4.69, 9.17) is 4.74 Å². The molecule has 0 unspecified atom stereocenters. The van der Waals surface area contributed by atoms with Crippen LogP contribution in [0.1, 0.15) is 47.0 Å². The van der Waals surface area contributed by atoms with Crippen molar-refractivity contribution in [2.24, 2.45) is 17.8 Å². The summed E-state index contributed by atoms with van der Waals surface area (Å²) in [5, 5.41) is 0. The van der Waals surface area contributed by atoms with Crippen LogP contribution in [0.4, 0.5) is 4.79 Å². The second-order valence-electron chi connectivity index (χ2n) is 7.06. The van der Waals surface area contributed by atoms with Crippen LogP contribution in [0, 0.1) is 17.8 Å². The Morgan fingerprint density at radius 1 is 1.32 bits per heavy atom. The van der Waals surface area contributed by atoms with Gasteiger partial charge in [0.15, 0.2) is 0 Å². The standard InChI is InChI=1S/C15H25NO3/c1-10-7-12(17)8-11-5-6-16(9-13(10)11)14(18)19-15(2,3)4/h10-11,13H,5-9H2,1-4H3/t10-,11-,13-/m0/s1. The molecule has 4 heteroatoms. The summed E-state index contributed by atoms with van der Waals surface area (Å²) in [6.07, 6.45) is 2.09. The topological polar surface area (TPSA) is 46.6 Å². The fourth-order valence-electron chi connectivity index (χ4n) is 3.31. The van der Waals surface area contributed by atoms with Crippen molar-refractivity contribution in [1.82, 2.24) is 4.90 Å². The van der Waals surface area contributed by atoms with E-state index in [0.29, 0.717) is 36.4 Å². The highest BCUT2D eigenvalue weighted by Crippen LogP contribution is 2.38. The van der Waals surface area contributed by atoms with Crippen molar-refractivity contribution in [3.8, 4) is 0 Å². The molecule has 19 heavy (non-hydrogen) atoms. The smallest absolute Gasteiger partial charge is 0.410 e. The minimum atomic E-state index is -0.442. The Kier molecular flexibility index (Phi) is 3.88. The molecule has 1 saturated heterocycles. The molecule has 0 radical (unpaired) electrons. The normalized spacial score (nSPS) is 31.9. The lowest BCUT2D eigenvalue weighted by Crippen LogP contribution is -2.49. The summed E-state index contributed by atoms with van der Waals surface area (Å²) in [4.78, 5) is 25.5. The molecule has 1 heterocycles. The first-order valence-electron chi connectivity index (χ1n) is 7.26. The van der Waals surface area contributed by atoms with Crippen LogP contribution in [-0.4, -0.2) is 35.5 Å². The number of rotatable bonds is 0. The van der Waals surface area contributed by atoms with Crippen molar-refractivity contribution in [3.63, 3.8) is 0 Å². The summed E-state index contributed by atoms with van der Waals surface area (Å²) in [7, 11) is 0. The van der Waals surface area contributed by atoms with Crippen molar-refractivity contribution >= 4 is 11.9 Å². The zero-order valence-corrected chi connectivity index (χ0v) is 12.4. The van der Waals surface area contributed by atoms with Gasteiger partial charge in [0, 0.05) is 25.9 Å². The Hall–Kier alpha value is -1.06. The maximum absolute atomic E-state index is 12.1. The SMILES string of the molecule is C[C@H]1CC(=O)C[C@@H]2CCN(C(=O)OC(C)(C)C)C[C@H]21. The number of hydrogen-bond donors (Lipinski definition) is 0. The van der Waals surface area contributed by atoms with E-state index in [-0.39, 0.29) is 6.09 Å². The second kappa shape index (κ2) is 5.14. The van der Waals surface area contributed by atoms with E-state index in [1.54, 1.807) is 0 Å². The Labute approximate surface area is 115 Å². The van der Waals surface area contributed by atoms with E-state index in [0.717, 1.165) is 19.5 Å². The number of amides is 1. The molecule has 0 aromatic rings. The van der Waals surface area contributed by atoms with Crippen molar-refractivity contribution in [1.29, 1.82) is 0 Å². The maximum atomic E-state index is 12.1. The summed E-state index contributed by atoms with van der Waals surface area (Å²) >= 11 is 0. The molecule has 0 spiro atoms. The van der Waals surface area contributed by atoms with Crippen LogP contribution in [-0.2, 0) is 9.53 Å². The van der Waals surface area contributed by atoms with Crippen molar-refractivity contribution in [2.45, 2.75) is 52.6 Å². The van der Waals surface area contributed by atoms with E-state index < -0.39 is 5.60 Å². The number of nitrogens with zero attached hydrogens (tertiary/aromatic N) is 1. The van der Waals surface area contributed by atoms with Crippen LogP contribution in [0.5, 0.6) is 0 Å². The molecule has 108 valence electrons. The lowest BCUT2D eigenvalue weighted by Gasteiger charge is -2.43. The lowest BCUT2D eigenvalue weighted by molar-refractivity contribution is -0.125. The molecule has 2 rings (SSSR count). The Morgan fingerprint density at radius 2 is 2.00 bits per heavy atom. The molecular formula is C15H25NO3. The lowest BCUT2D eigenvalue weighted by atomic mass is 9.69. The Bertz CT molecular complexity index is 372. The molecule has 4 nitrogen and oxygen atoms in total. The monoisotopic (exact) mass is 267 g/mol. The zero-order valence-electron chi connectivity index (χ0n) is 12.4. The number of ketones is 1. The van der Waals surface area contributed by atoms with Gasteiger partial charge in [0.2, 0.25) is 0 Å². The van der Waals surface area contributed by atoms with Crippen LogP contribution < -0.4 is 0 Å². The van der Waals surface area contributed by atoms with Gasteiger partial charge in [0.05, 0.1) is 0 Å². The van der Waals surface area contributed by atoms with Crippen molar-refractivity contribution in [3.05, 3.63) is 0 Å². The van der Waals surface area contributed by atoms with Gasteiger partial charge in [-0.15, -0.1) is 0 Å². The van der Waals surface area contributed by atoms with E-state index in [1.165, 1.54) is 0 Å². The third-order valence-corrected chi connectivity index (χ3v) is 4.23. The highest BCUT2D eigenvalue weighted by atomic mass is 16.6. The number of Topliss-reactive ketones (excluding diaryl/α,β-unsaturated/α-hetero) is 1. The molecular weight excluding hydrogens is 242 g/mol. The summed E-state index contributed by atoms with van der Waals surface area (Å²) in [6.45, 7) is 9.26. The average Bonchev–Trinajstić information content (AvgIpc) is 2.25. The number of hydrogen-bond acceptors (Lipinski definition) is 3. The van der Waals surface area contributed by atoms with Gasteiger partial charge in [-0.1, -0.05) is 6.92 Å². The number of fused-ring (bicyclic) bond motifs is 1. The molecule has 0 N–H and O–H groups in total. The third-order valence-electron chi connectivity index (χ3n) is 4.23. The first kappa shape index (κ1) is 14.4. The van der Waals surface area contributed by atoms with E-state index >= 15 is 0 Å². The summed E-state index contributed by atoms with van der Waals surface area (Å²) in [5.41, 5.74) is -0.442. The molecule has 0 aromatic carbocycles. The maximum Gasteiger partial charge on any atom is 0.410 e. The minimum Gasteiger partial charge on any atom is -0.444 e. The van der Waals surface area contributed by atoms with E-state index in [2.05, 4.69) is 6.92 Å². The Balaban J connectivity index is 1.98. The number of ether oxygens (including phenoxy) is 1. The summed E-state index contributed by atoms with van der Waals surface area (Å²) in [5.74, 6) is 1.70. The molecule has 3 atom stereocenters. The van der Waals surface area contributed by atoms with Crippen LogP contribution in [0.25, 0.3) is 0 Å². The van der Waals surface area contributed by atoms with Gasteiger partial charge in [-0.05, 0) is 44.9 Å². The Morgan fingerprint density at radius 3 is 2.63 bits per heavy atom. The fraction of sp³-hybridized carbons (Fsp3) is 0.867. The van der Waals surface area contributed by atoms with Gasteiger partial charge in [-0.3, -0.25) is 4.79 Å². The molecule has 1 aliphatic carbocycles. The highest BCUT2D eigenvalue weighted by Gasteiger charge is 2.40. The highest BCUT2D eigenvalue weighted by molar-refractivity contribution is 5.80. The van der Waals surface area contributed by atoms with E-state index in [1.807, 2.05) is 25.7 Å². The molecule has 0 bridgehead atoms. The second-order valence-corrected chi connectivity index (χ2v) is 7.06. The average molecular weight is 267 g/mol. The predicted octanol–water partition coefficient (Wildman–Crippen LogP) is 2.86. The van der Waals surface area contributed by atoms with Crippen LogP contribution >= 0.6 is 0 Å². The largest absolute Gasteiger partial charge is 0.444 e. The fourth-order valence-corrected chi connectivity index (χ4v) is 3.31. The van der Waals surface area contributed by atoms with Gasteiger partial charge in [-0.2, -0.15) is 0 Å². The minimum absolute atomic E-state index is 0.213. The van der Waals surface area contributed by atoms with Gasteiger partial charge >= 0.3 is 6.09 Å². The van der Waals surface area contributed by atoms with Gasteiger partial charge in [-0.25, -0.2) is 4.79 Å². The molecule has 2 fully saturated rings. The molecule has 0 aromatic heterocycles.